The molecule has 9 nitrogen and oxygen atoms in total. The zero-order valence-corrected chi connectivity index (χ0v) is 23.8. The number of nitrogens with one attached hydrogen (secondary N) is 1. The lowest BCUT2D eigenvalue weighted by atomic mass is 9.98. The molecule has 0 saturated carbocycles. The first-order valence-corrected chi connectivity index (χ1v) is 12.4. The summed E-state index contributed by atoms with van der Waals surface area (Å²) in [6.07, 6.45) is 12.2. The molecule has 2 saturated heterocycles. The number of anilines is 1. The van der Waals surface area contributed by atoms with Crippen LogP contribution in [0.25, 0.3) is 33.2 Å². The average Bonchev–Trinajstić information content (AvgIpc) is 3.60. The van der Waals surface area contributed by atoms with Gasteiger partial charge in [-0.3, -0.25) is 9.36 Å². The number of H-pyrrole nitrogens is 1. The molecule has 2 unspecified atom stereocenters. The highest BCUT2D eigenvalue weighted by molar-refractivity contribution is 6.38. The van der Waals surface area contributed by atoms with Gasteiger partial charge in [-0.05, 0) is 37.8 Å². The predicted molar refractivity (Wildman–Crippen MR) is 158 cm³/mol. The van der Waals surface area contributed by atoms with Crippen LogP contribution in [-0.4, -0.2) is 52.6 Å². The lowest BCUT2D eigenvalue weighted by molar-refractivity contribution is 0.412. The maximum atomic E-state index is 6.91. The van der Waals surface area contributed by atoms with Crippen LogP contribution in [0.1, 0.15) is 31.4 Å². The number of piperidine rings is 1. The van der Waals surface area contributed by atoms with E-state index in [1.165, 1.54) is 12.8 Å². The van der Waals surface area contributed by atoms with Crippen LogP contribution in [0.3, 0.4) is 0 Å². The van der Waals surface area contributed by atoms with Gasteiger partial charge < -0.3 is 15.6 Å². The Bertz CT molecular complexity index is 1560. The van der Waals surface area contributed by atoms with Gasteiger partial charge in [0.25, 0.3) is 0 Å². The van der Waals surface area contributed by atoms with Crippen LogP contribution >= 0.6 is 48.8 Å². The molecule has 2 bridgehead atoms. The van der Waals surface area contributed by atoms with Crippen LogP contribution < -0.4 is 10.6 Å². The van der Waals surface area contributed by atoms with Crippen LogP contribution in [0.4, 0.5) is 5.82 Å². The standard InChI is InChI=1S/C25H26ClN9.3ClH/c1-33-7-6-15(31-33)12-34-13-20-21(32-34)5-4-18(23(20)26)19-10-29-25-24(19)28-11-22(30-25)35-16-2-3-17(35)9-14(27)8-16;;;/h4-7,10-11,13-14,16-17H,2-3,8-9,12,27H2,1H3,(H,29,30);3*1H. The molecule has 5 aromatic rings. The zero-order chi connectivity index (χ0) is 23.7. The second kappa shape index (κ2) is 10.9. The van der Waals surface area contributed by atoms with Crippen molar-refractivity contribution in [2.24, 2.45) is 12.8 Å². The van der Waals surface area contributed by atoms with Gasteiger partial charge in [0.2, 0.25) is 0 Å². The largest absolute Gasteiger partial charge is 0.349 e. The van der Waals surface area contributed by atoms with Crippen molar-refractivity contribution < 1.29 is 0 Å². The van der Waals surface area contributed by atoms with Crippen molar-refractivity contribution >= 4 is 76.7 Å². The molecule has 4 aromatic heterocycles. The fourth-order valence-electron chi connectivity index (χ4n) is 5.92. The summed E-state index contributed by atoms with van der Waals surface area (Å²) in [5, 5.41) is 10.7. The molecule has 7 rings (SSSR count). The van der Waals surface area contributed by atoms with Gasteiger partial charge in [-0.25, -0.2) is 9.97 Å². The van der Waals surface area contributed by atoms with Gasteiger partial charge in [0.15, 0.2) is 5.65 Å². The van der Waals surface area contributed by atoms with Gasteiger partial charge in [-0.2, -0.15) is 10.2 Å². The molecule has 0 amide bonds. The van der Waals surface area contributed by atoms with Gasteiger partial charge >= 0.3 is 0 Å². The van der Waals surface area contributed by atoms with E-state index in [1.54, 1.807) is 4.68 Å². The van der Waals surface area contributed by atoms with Crippen LogP contribution in [0.5, 0.6) is 0 Å². The number of fused-ring (bicyclic) bond motifs is 4. The number of hydrogen-bond acceptors (Lipinski definition) is 6. The van der Waals surface area contributed by atoms with E-state index in [0.29, 0.717) is 29.7 Å². The summed E-state index contributed by atoms with van der Waals surface area (Å²) in [5.41, 5.74) is 11.5. The Hall–Kier alpha value is -2.56. The fourth-order valence-corrected chi connectivity index (χ4v) is 6.23. The van der Waals surface area contributed by atoms with E-state index in [-0.39, 0.29) is 37.2 Å². The first kappa shape index (κ1) is 28.4. The number of rotatable bonds is 4. The molecule has 1 aromatic carbocycles. The number of halogens is 4. The maximum Gasteiger partial charge on any atom is 0.159 e. The number of benzene rings is 1. The Labute approximate surface area is 243 Å². The number of aromatic amines is 1. The summed E-state index contributed by atoms with van der Waals surface area (Å²) in [7, 11) is 1.91. The molecular weight excluding hydrogens is 568 g/mol. The molecule has 3 N–H and O–H groups in total. The van der Waals surface area contributed by atoms with Gasteiger partial charge in [0.1, 0.15) is 11.3 Å². The van der Waals surface area contributed by atoms with Crippen LogP contribution in [-0.2, 0) is 13.6 Å². The van der Waals surface area contributed by atoms with Gasteiger partial charge in [-0.1, -0.05) is 17.7 Å². The quantitative estimate of drug-likeness (QED) is 0.298. The summed E-state index contributed by atoms with van der Waals surface area (Å²) >= 11 is 6.91. The van der Waals surface area contributed by atoms with Crippen molar-refractivity contribution in [2.75, 3.05) is 4.90 Å². The molecule has 2 fully saturated rings. The summed E-state index contributed by atoms with van der Waals surface area (Å²) < 4.78 is 3.67. The summed E-state index contributed by atoms with van der Waals surface area (Å²) in [5.74, 6) is 0.933. The molecule has 0 spiro atoms. The third kappa shape index (κ3) is 4.71. The zero-order valence-electron chi connectivity index (χ0n) is 20.6. The van der Waals surface area contributed by atoms with Crippen molar-refractivity contribution in [3.8, 4) is 11.1 Å². The molecule has 2 aliphatic rings. The Morgan fingerprint density at radius 1 is 1.05 bits per heavy atom. The van der Waals surface area contributed by atoms with Gasteiger partial charge in [-0.15, -0.1) is 37.2 Å². The van der Waals surface area contributed by atoms with E-state index in [2.05, 4.69) is 20.1 Å². The third-order valence-corrected chi connectivity index (χ3v) is 7.86. The molecule has 6 heterocycles. The highest BCUT2D eigenvalue weighted by Crippen LogP contribution is 2.40. The van der Waals surface area contributed by atoms with E-state index in [9.17, 15) is 0 Å². The Kier molecular flexibility index (Phi) is 8.16. The second-order valence-electron chi connectivity index (χ2n) is 9.82. The number of aryl methyl sites for hydroxylation is 1. The number of aromatic nitrogens is 7. The molecule has 2 aliphatic heterocycles. The molecule has 13 heteroatoms. The van der Waals surface area contributed by atoms with E-state index in [4.69, 9.17) is 27.3 Å². The molecule has 2 atom stereocenters. The van der Waals surface area contributed by atoms with Crippen molar-refractivity contribution in [1.29, 1.82) is 0 Å². The minimum absolute atomic E-state index is 0. The lowest BCUT2D eigenvalue weighted by Gasteiger charge is -2.38. The minimum atomic E-state index is 0. The normalized spacial score (nSPS) is 20.3. The predicted octanol–water partition coefficient (Wildman–Crippen LogP) is 5.13. The van der Waals surface area contributed by atoms with Crippen LogP contribution in [0, 0.1) is 0 Å². The first-order chi connectivity index (χ1) is 17.0. The fraction of sp³-hybridized carbons (Fsp3) is 0.360. The molecule has 0 radical (unpaired) electrons. The van der Waals surface area contributed by atoms with Gasteiger partial charge in [0.05, 0.1) is 29.0 Å². The lowest BCUT2D eigenvalue weighted by Crippen LogP contribution is -2.47. The highest BCUT2D eigenvalue weighted by Gasteiger charge is 2.40. The van der Waals surface area contributed by atoms with E-state index in [0.717, 1.165) is 57.5 Å². The van der Waals surface area contributed by atoms with Crippen LogP contribution in [0.2, 0.25) is 5.02 Å². The van der Waals surface area contributed by atoms with E-state index < -0.39 is 0 Å². The van der Waals surface area contributed by atoms with Crippen molar-refractivity contribution in [1.82, 2.24) is 34.5 Å². The summed E-state index contributed by atoms with van der Waals surface area (Å²) in [4.78, 5) is 15.6. The van der Waals surface area contributed by atoms with Crippen molar-refractivity contribution in [2.45, 2.75) is 50.4 Å². The number of nitrogens with two attached hydrogens (primary N) is 1. The minimum Gasteiger partial charge on any atom is -0.349 e. The van der Waals surface area contributed by atoms with E-state index in [1.807, 2.05) is 54.7 Å². The molecule has 202 valence electrons. The Morgan fingerprint density at radius 3 is 2.53 bits per heavy atom. The maximum absolute atomic E-state index is 6.91. The highest BCUT2D eigenvalue weighted by atomic mass is 35.5. The van der Waals surface area contributed by atoms with Gasteiger partial charge in [0, 0.05) is 60.3 Å². The molecule has 38 heavy (non-hydrogen) atoms. The Morgan fingerprint density at radius 2 is 1.82 bits per heavy atom. The summed E-state index contributed by atoms with van der Waals surface area (Å²) in [6.45, 7) is 0.589. The molecule has 0 aliphatic carbocycles. The third-order valence-electron chi connectivity index (χ3n) is 7.46. The van der Waals surface area contributed by atoms with E-state index >= 15 is 0 Å². The second-order valence-corrected chi connectivity index (χ2v) is 10.2. The number of nitrogens with zero attached hydrogens (tertiary/aromatic N) is 7. The SMILES string of the molecule is Cl.Cl.Cl.Cn1ccc(Cn2cc3c(Cl)c(-c4c[nH]c5nc(N6C7CCC6CC(N)C7)cnc45)ccc3n2)n1. The average molecular weight is 597 g/mol. The monoisotopic (exact) mass is 595 g/mol. The van der Waals surface area contributed by atoms with Crippen molar-refractivity contribution in [3.05, 3.63) is 53.7 Å². The summed E-state index contributed by atoms with van der Waals surface area (Å²) in [6, 6.07) is 7.22. The van der Waals surface area contributed by atoms with Crippen molar-refractivity contribution in [3.63, 3.8) is 0 Å². The van der Waals surface area contributed by atoms with Crippen LogP contribution in [0.15, 0.2) is 43.0 Å². The number of hydrogen-bond donors (Lipinski definition) is 2. The Balaban J connectivity index is 0.00000112. The molecular formula is C25H29Cl4N9. The smallest absolute Gasteiger partial charge is 0.159 e. The topological polar surface area (TPSA) is 106 Å². The first-order valence-electron chi connectivity index (χ1n) is 12.1.